The van der Waals surface area contributed by atoms with Gasteiger partial charge in [-0.2, -0.15) is 0 Å². The second kappa shape index (κ2) is 8.02. The van der Waals surface area contributed by atoms with Gasteiger partial charge in [-0.3, -0.25) is 4.79 Å². The number of ether oxygens (including phenoxy) is 1. The Balaban J connectivity index is 1.86. The normalized spacial score (nSPS) is 24.1. The lowest BCUT2D eigenvalue weighted by atomic mass is 9.78. The third-order valence-electron chi connectivity index (χ3n) is 4.54. The highest BCUT2D eigenvalue weighted by Crippen LogP contribution is 2.29. The van der Waals surface area contributed by atoms with Gasteiger partial charge in [-0.1, -0.05) is 49.9 Å². The summed E-state index contributed by atoms with van der Waals surface area (Å²) in [7, 11) is 0. The molecule has 3 atom stereocenters. The van der Waals surface area contributed by atoms with Gasteiger partial charge in [0.1, 0.15) is 0 Å². The largest absolute Gasteiger partial charge is 0.452 e. The van der Waals surface area contributed by atoms with Crippen LogP contribution >= 0.6 is 23.2 Å². The molecule has 0 saturated heterocycles. The zero-order valence-electron chi connectivity index (χ0n) is 13.3. The van der Waals surface area contributed by atoms with E-state index in [0.717, 1.165) is 12.8 Å². The first-order chi connectivity index (χ1) is 10.9. The first-order valence-corrected chi connectivity index (χ1v) is 8.55. The van der Waals surface area contributed by atoms with Crippen molar-refractivity contribution in [1.29, 1.82) is 0 Å². The first kappa shape index (κ1) is 18.1. The average molecular weight is 358 g/mol. The second-order valence-corrected chi connectivity index (χ2v) is 6.99. The summed E-state index contributed by atoms with van der Waals surface area (Å²) in [6.45, 7) is 4.02. The molecule has 4 nitrogen and oxygen atoms in total. The Labute approximate surface area is 146 Å². The number of carbonyl (C=O) groups is 2. The van der Waals surface area contributed by atoms with Gasteiger partial charge in [-0.05, 0) is 36.5 Å². The van der Waals surface area contributed by atoms with Gasteiger partial charge in [0.2, 0.25) is 0 Å². The number of nitrogens with one attached hydrogen (secondary N) is 1. The molecular formula is C17H21Cl2NO3. The fraction of sp³-hybridized carbons (Fsp3) is 0.529. The van der Waals surface area contributed by atoms with E-state index in [9.17, 15) is 9.59 Å². The molecule has 0 unspecified atom stereocenters. The summed E-state index contributed by atoms with van der Waals surface area (Å²) in [6.07, 6.45) is 3.26. The molecule has 1 aromatic rings. The zero-order valence-corrected chi connectivity index (χ0v) is 14.8. The molecule has 1 saturated carbocycles. The molecule has 1 aliphatic rings. The molecule has 1 amide bonds. The molecule has 1 N–H and O–H groups in total. The summed E-state index contributed by atoms with van der Waals surface area (Å²) in [6, 6.07) is 4.67. The minimum Gasteiger partial charge on any atom is -0.452 e. The third-order valence-corrected chi connectivity index (χ3v) is 5.10. The molecule has 1 fully saturated rings. The Kier molecular flexibility index (Phi) is 6.31. The molecule has 2 rings (SSSR count). The van der Waals surface area contributed by atoms with Crippen molar-refractivity contribution in [3.05, 3.63) is 33.8 Å². The van der Waals surface area contributed by atoms with Crippen LogP contribution in [0.2, 0.25) is 10.0 Å². The smallest absolute Gasteiger partial charge is 0.340 e. The average Bonchev–Trinajstić information content (AvgIpc) is 2.52. The molecule has 0 aromatic heterocycles. The quantitative estimate of drug-likeness (QED) is 0.825. The maximum atomic E-state index is 12.0. The van der Waals surface area contributed by atoms with Crippen molar-refractivity contribution in [2.75, 3.05) is 6.61 Å². The number of hydrogen-bond donors (Lipinski definition) is 1. The van der Waals surface area contributed by atoms with Gasteiger partial charge in [0.05, 0.1) is 10.6 Å². The SMILES string of the molecule is C[C@H]1[C@H](C)CCC[C@H]1NC(=O)COC(=O)c1cc(Cl)ccc1Cl. The summed E-state index contributed by atoms with van der Waals surface area (Å²) < 4.78 is 5.04. The number of carbonyl (C=O) groups excluding carboxylic acids is 2. The lowest BCUT2D eigenvalue weighted by molar-refractivity contribution is -0.125. The molecule has 126 valence electrons. The van der Waals surface area contributed by atoms with Crippen molar-refractivity contribution >= 4 is 35.1 Å². The fourth-order valence-electron chi connectivity index (χ4n) is 2.90. The van der Waals surface area contributed by atoms with Crippen molar-refractivity contribution < 1.29 is 14.3 Å². The van der Waals surface area contributed by atoms with Gasteiger partial charge in [0, 0.05) is 11.1 Å². The Bertz CT molecular complexity index is 591. The predicted molar refractivity (Wildman–Crippen MR) is 90.9 cm³/mol. The lowest BCUT2D eigenvalue weighted by Crippen LogP contribution is -2.45. The number of benzene rings is 1. The summed E-state index contributed by atoms with van der Waals surface area (Å²) >= 11 is 11.8. The van der Waals surface area contributed by atoms with Crippen LogP contribution in [-0.2, 0) is 9.53 Å². The molecule has 1 aliphatic carbocycles. The highest BCUT2D eigenvalue weighted by molar-refractivity contribution is 6.35. The van der Waals surface area contributed by atoms with E-state index in [1.807, 2.05) is 0 Å². The predicted octanol–water partition coefficient (Wildman–Crippen LogP) is 4.09. The van der Waals surface area contributed by atoms with Crippen LogP contribution in [0.15, 0.2) is 18.2 Å². The van der Waals surface area contributed by atoms with E-state index >= 15 is 0 Å². The highest BCUT2D eigenvalue weighted by Gasteiger charge is 2.28. The van der Waals surface area contributed by atoms with Crippen molar-refractivity contribution in [2.45, 2.75) is 39.2 Å². The minimum atomic E-state index is -0.655. The van der Waals surface area contributed by atoms with Crippen LogP contribution in [0.5, 0.6) is 0 Å². The Morgan fingerprint density at radius 1 is 1.26 bits per heavy atom. The van der Waals surface area contributed by atoms with Gasteiger partial charge in [-0.25, -0.2) is 4.79 Å². The number of rotatable bonds is 4. The van der Waals surface area contributed by atoms with Gasteiger partial charge in [-0.15, -0.1) is 0 Å². The molecule has 23 heavy (non-hydrogen) atoms. The summed E-state index contributed by atoms with van der Waals surface area (Å²) in [5.74, 6) is 0.0628. The number of halogens is 2. The van der Waals surface area contributed by atoms with Crippen molar-refractivity contribution in [2.24, 2.45) is 11.8 Å². The number of amides is 1. The summed E-state index contributed by atoms with van der Waals surface area (Å²) in [4.78, 5) is 24.0. The van der Waals surface area contributed by atoms with Crippen LogP contribution in [0.1, 0.15) is 43.5 Å². The van der Waals surface area contributed by atoms with Crippen LogP contribution in [0, 0.1) is 11.8 Å². The van der Waals surface area contributed by atoms with Crippen LogP contribution in [0.4, 0.5) is 0 Å². The maximum absolute atomic E-state index is 12.0. The van der Waals surface area contributed by atoms with Crippen molar-refractivity contribution in [3.8, 4) is 0 Å². The van der Waals surface area contributed by atoms with E-state index in [0.29, 0.717) is 16.9 Å². The molecule has 0 radical (unpaired) electrons. The van der Waals surface area contributed by atoms with E-state index in [1.165, 1.54) is 18.6 Å². The van der Waals surface area contributed by atoms with E-state index < -0.39 is 5.97 Å². The van der Waals surface area contributed by atoms with Crippen molar-refractivity contribution in [1.82, 2.24) is 5.32 Å². The second-order valence-electron chi connectivity index (χ2n) is 6.14. The number of hydrogen-bond acceptors (Lipinski definition) is 3. The molecular weight excluding hydrogens is 337 g/mol. The van der Waals surface area contributed by atoms with E-state index in [4.69, 9.17) is 27.9 Å². The third kappa shape index (κ3) is 4.85. The van der Waals surface area contributed by atoms with Gasteiger partial charge < -0.3 is 10.1 Å². The summed E-state index contributed by atoms with van der Waals surface area (Å²) in [5, 5.41) is 3.59. The Morgan fingerprint density at radius 3 is 2.74 bits per heavy atom. The van der Waals surface area contributed by atoms with Gasteiger partial charge in [0.25, 0.3) is 5.91 Å². The van der Waals surface area contributed by atoms with Crippen LogP contribution in [0.25, 0.3) is 0 Å². The monoisotopic (exact) mass is 357 g/mol. The molecule has 6 heteroatoms. The number of esters is 1. The van der Waals surface area contributed by atoms with Crippen LogP contribution in [-0.4, -0.2) is 24.5 Å². The minimum absolute atomic E-state index is 0.139. The molecule has 0 bridgehead atoms. The van der Waals surface area contributed by atoms with Crippen LogP contribution in [0.3, 0.4) is 0 Å². The molecule has 0 heterocycles. The molecule has 0 aliphatic heterocycles. The van der Waals surface area contributed by atoms with E-state index in [2.05, 4.69) is 19.2 Å². The lowest BCUT2D eigenvalue weighted by Gasteiger charge is -2.34. The first-order valence-electron chi connectivity index (χ1n) is 7.80. The highest BCUT2D eigenvalue weighted by atomic mass is 35.5. The Morgan fingerprint density at radius 2 is 2.00 bits per heavy atom. The van der Waals surface area contributed by atoms with Crippen molar-refractivity contribution in [3.63, 3.8) is 0 Å². The zero-order chi connectivity index (χ0) is 17.0. The molecule has 1 aromatic carbocycles. The van der Waals surface area contributed by atoms with Gasteiger partial charge >= 0.3 is 5.97 Å². The maximum Gasteiger partial charge on any atom is 0.340 e. The standard InChI is InChI=1S/C17H21Cl2NO3/c1-10-4-3-5-15(11(10)2)20-16(21)9-23-17(22)13-8-12(18)6-7-14(13)19/h6-8,10-11,15H,3-5,9H2,1-2H3,(H,20,21)/t10-,11+,15-/m1/s1. The van der Waals surface area contributed by atoms with E-state index in [-0.39, 0.29) is 29.1 Å². The topological polar surface area (TPSA) is 55.4 Å². The fourth-order valence-corrected chi connectivity index (χ4v) is 3.26. The van der Waals surface area contributed by atoms with Crippen LogP contribution < -0.4 is 5.32 Å². The van der Waals surface area contributed by atoms with E-state index in [1.54, 1.807) is 6.07 Å². The Hall–Kier alpha value is -1.26. The molecule has 0 spiro atoms. The summed E-state index contributed by atoms with van der Waals surface area (Å²) in [5.41, 5.74) is 0.159. The van der Waals surface area contributed by atoms with Gasteiger partial charge in [0.15, 0.2) is 6.61 Å².